The van der Waals surface area contributed by atoms with E-state index >= 15 is 0 Å². The van der Waals surface area contributed by atoms with Crippen LogP contribution in [0.1, 0.15) is 33.1 Å². The van der Waals surface area contributed by atoms with E-state index < -0.39 is 0 Å². The van der Waals surface area contributed by atoms with Crippen LogP contribution in [-0.4, -0.2) is 16.0 Å². The van der Waals surface area contributed by atoms with Crippen molar-refractivity contribution < 1.29 is 0 Å². The first kappa shape index (κ1) is 16.1. The highest BCUT2D eigenvalue weighted by atomic mass is 15.1. The number of benzene rings is 2. The first-order chi connectivity index (χ1) is 12.2. The Morgan fingerprint density at radius 3 is 2.48 bits per heavy atom. The third-order valence-electron chi connectivity index (χ3n) is 5.66. The zero-order valence-electron chi connectivity index (χ0n) is 14.9. The van der Waals surface area contributed by atoms with E-state index in [9.17, 15) is 0 Å². The summed E-state index contributed by atoms with van der Waals surface area (Å²) in [5.41, 5.74) is 2.05. The van der Waals surface area contributed by atoms with E-state index in [1.54, 1.807) is 0 Å². The Morgan fingerprint density at radius 1 is 0.880 bits per heavy atom. The molecule has 128 valence electrons. The maximum Gasteiger partial charge on any atom is 0.162 e. The van der Waals surface area contributed by atoms with Gasteiger partial charge < -0.3 is 5.32 Å². The standard InChI is InChI=1S/C22H25N3/c1-15-9-8-14-19(16(15)2)23-22-18-12-6-7-13-20(18)24-21(25-22)17-10-4-3-5-11-17/h3-7,10-13,15-16,19H,8-9,14H2,1-2H3,(H,23,24,25). The Labute approximate surface area is 149 Å². The van der Waals surface area contributed by atoms with Gasteiger partial charge in [-0.2, -0.15) is 0 Å². The maximum atomic E-state index is 4.90. The van der Waals surface area contributed by atoms with Gasteiger partial charge in [0.05, 0.1) is 5.52 Å². The van der Waals surface area contributed by atoms with E-state index in [4.69, 9.17) is 9.97 Å². The van der Waals surface area contributed by atoms with Crippen LogP contribution in [0.15, 0.2) is 54.6 Å². The highest BCUT2D eigenvalue weighted by Gasteiger charge is 2.27. The van der Waals surface area contributed by atoms with Gasteiger partial charge >= 0.3 is 0 Å². The predicted octanol–water partition coefficient (Wildman–Crippen LogP) is 5.53. The van der Waals surface area contributed by atoms with Gasteiger partial charge in [0, 0.05) is 17.0 Å². The van der Waals surface area contributed by atoms with Crippen molar-refractivity contribution in [2.24, 2.45) is 11.8 Å². The van der Waals surface area contributed by atoms with Crippen LogP contribution in [0.5, 0.6) is 0 Å². The molecule has 3 atom stereocenters. The van der Waals surface area contributed by atoms with E-state index in [1.165, 1.54) is 19.3 Å². The number of hydrogen-bond acceptors (Lipinski definition) is 3. The fraction of sp³-hybridized carbons (Fsp3) is 0.364. The number of nitrogens with zero attached hydrogens (tertiary/aromatic N) is 2. The Hall–Kier alpha value is -2.42. The summed E-state index contributed by atoms with van der Waals surface area (Å²) in [4.78, 5) is 9.68. The zero-order chi connectivity index (χ0) is 17.2. The number of para-hydroxylation sites is 1. The normalized spacial score (nSPS) is 23.5. The average Bonchev–Trinajstić information content (AvgIpc) is 2.66. The molecule has 1 aliphatic rings. The van der Waals surface area contributed by atoms with Crippen molar-refractivity contribution in [3.63, 3.8) is 0 Å². The zero-order valence-corrected chi connectivity index (χ0v) is 14.9. The summed E-state index contributed by atoms with van der Waals surface area (Å²) in [6, 6.07) is 19.0. The molecule has 3 nitrogen and oxygen atoms in total. The molecule has 25 heavy (non-hydrogen) atoms. The van der Waals surface area contributed by atoms with Crippen molar-refractivity contribution in [1.29, 1.82) is 0 Å². The number of fused-ring (bicyclic) bond motifs is 1. The van der Waals surface area contributed by atoms with E-state index in [0.717, 1.165) is 34.0 Å². The molecule has 1 fully saturated rings. The molecule has 0 saturated heterocycles. The first-order valence-electron chi connectivity index (χ1n) is 9.31. The molecule has 0 spiro atoms. The minimum absolute atomic E-state index is 0.477. The first-order valence-corrected chi connectivity index (χ1v) is 9.31. The maximum absolute atomic E-state index is 4.90. The van der Waals surface area contributed by atoms with Crippen molar-refractivity contribution >= 4 is 16.7 Å². The smallest absolute Gasteiger partial charge is 0.162 e. The van der Waals surface area contributed by atoms with E-state index in [0.29, 0.717) is 12.0 Å². The van der Waals surface area contributed by atoms with Crippen LogP contribution < -0.4 is 5.32 Å². The van der Waals surface area contributed by atoms with Gasteiger partial charge in [-0.05, 0) is 30.4 Å². The van der Waals surface area contributed by atoms with Crippen LogP contribution in [0.4, 0.5) is 5.82 Å². The van der Waals surface area contributed by atoms with Gasteiger partial charge in [0.2, 0.25) is 0 Å². The molecule has 3 unspecified atom stereocenters. The SMILES string of the molecule is CC1CCCC(Nc2nc(-c3ccccc3)nc3ccccc23)C1C. The molecule has 2 aromatic carbocycles. The molecular formula is C22H25N3. The molecule has 0 radical (unpaired) electrons. The molecular weight excluding hydrogens is 306 g/mol. The molecule has 0 amide bonds. The summed E-state index contributed by atoms with van der Waals surface area (Å²) in [5, 5.41) is 4.87. The molecule has 0 aliphatic heterocycles. The third-order valence-corrected chi connectivity index (χ3v) is 5.66. The lowest BCUT2D eigenvalue weighted by molar-refractivity contribution is 0.253. The fourth-order valence-corrected chi connectivity index (χ4v) is 3.86. The molecule has 1 aromatic heterocycles. The van der Waals surface area contributed by atoms with Crippen LogP contribution >= 0.6 is 0 Å². The van der Waals surface area contributed by atoms with E-state index in [2.05, 4.69) is 49.5 Å². The molecule has 1 N–H and O–H groups in total. The largest absolute Gasteiger partial charge is 0.366 e. The minimum Gasteiger partial charge on any atom is -0.366 e. The Kier molecular flexibility index (Phi) is 4.39. The molecule has 3 heteroatoms. The van der Waals surface area contributed by atoms with Crippen LogP contribution in [0.3, 0.4) is 0 Å². The van der Waals surface area contributed by atoms with Gasteiger partial charge in [0.15, 0.2) is 5.82 Å². The Morgan fingerprint density at radius 2 is 1.64 bits per heavy atom. The molecule has 1 heterocycles. The van der Waals surface area contributed by atoms with Gasteiger partial charge in [-0.3, -0.25) is 0 Å². The monoisotopic (exact) mass is 331 g/mol. The van der Waals surface area contributed by atoms with Gasteiger partial charge in [-0.25, -0.2) is 9.97 Å². The van der Waals surface area contributed by atoms with Crippen LogP contribution in [0, 0.1) is 11.8 Å². The number of aromatic nitrogens is 2. The highest BCUT2D eigenvalue weighted by molar-refractivity contribution is 5.90. The second kappa shape index (κ2) is 6.83. The van der Waals surface area contributed by atoms with Crippen molar-refractivity contribution in [3.05, 3.63) is 54.6 Å². The van der Waals surface area contributed by atoms with Crippen molar-refractivity contribution in [3.8, 4) is 11.4 Å². The van der Waals surface area contributed by atoms with Crippen LogP contribution in [0.2, 0.25) is 0 Å². The van der Waals surface area contributed by atoms with Gasteiger partial charge in [0.1, 0.15) is 5.82 Å². The summed E-state index contributed by atoms with van der Waals surface area (Å²) in [6.07, 6.45) is 3.83. The second-order valence-electron chi connectivity index (χ2n) is 7.30. The topological polar surface area (TPSA) is 37.8 Å². The van der Waals surface area contributed by atoms with Crippen LogP contribution in [0.25, 0.3) is 22.3 Å². The lowest BCUT2D eigenvalue weighted by Gasteiger charge is -2.35. The fourth-order valence-electron chi connectivity index (χ4n) is 3.86. The molecule has 1 aliphatic carbocycles. The summed E-state index contributed by atoms with van der Waals surface area (Å²) in [5.74, 6) is 3.17. The number of rotatable bonds is 3. The van der Waals surface area contributed by atoms with Crippen molar-refractivity contribution in [1.82, 2.24) is 9.97 Å². The second-order valence-corrected chi connectivity index (χ2v) is 7.30. The summed E-state index contributed by atoms with van der Waals surface area (Å²) >= 11 is 0. The van der Waals surface area contributed by atoms with Gasteiger partial charge in [0.25, 0.3) is 0 Å². The predicted molar refractivity (Wildman–Crippen MR) is 105 cm³/mol. The van der Waals surface area contributed by atoms with Gasteiger partial charge in [-0.1, -0.05) is 69.2 Å². The number of anilines is 1. The molecule has 4 rings (SSSR count). The Balaban J connectivity index is 1.76. The lowest BCUT2D eigenvalue weighted by Crippen LogP contribution is -2.35. The summed E-state index contributed by atoms with van der Waals surface area (Å²) < 4.78 is 0. The molecule has 0 bridgehead atoms. The van der Waals surface area contributed by atoms with Gasteiger partial charge in [-0.15, -0.1) is 0 Å². The van der Waals surface area contributed by atoms with Crippen LogP contribution in [-0.2, 0) is 0 Å². The third kappa shape index (κ3) is 3.23. The summed E-state index contributed by atoms with van der Waals surface area (Å²) in [7, 11) is 0. The summed E-state index contributed by atoms with van der Waals surface area (Å²) in [6.45, 7) is 4.73. The number of nitrogens with one attached hydrogen (secondary N) is 1. The van der Waals surface area contributed by atoms with E-state index in [1.807, 2.05) is 24.3 Å². The quantitative estimate of drug-likeness (QED) is 0.685. The Bertz CT molecular complexity index is 860. The van der Waals surface area contributed by atoms with Crippen molar-refractivity contribution in [2.45, 2.75) is 39.2 Å². The number of hydrogen-bond donors (Lipinski definition) is 1. The van der Waals surface area contributed by atoms with E-state index in [-0.39, 0.29) is 0 Å². The average molecular weight is 331 g/mol. The molecule has 3 aromatic rings. The minimum atomic E-state index is 0.477. The van der Waals surface area contributed by atoms with Crippen molar-refractivity contribution in [2.75, 3.05) is 5.32 Å². The lowest BCUT2D eigenvalue weighted by atomic mass is 9.78. The highest BCUT2D eigenvalue weighted by Crippen LogP contribution is 2.33. The molecule has 1 saturated carbocycles.